The quantitative estimate of drug-likeness (QED) is 0.840. The van der Waals surface area contributed by atoms with Gasteiger partial charge in [-0.05, 0) is 24.5 Å². The molecule has 1 aromatic carbocycles. The van der Waals surface area contributed by atoms with Crippen molar-refractivity contribution in [1.82, 2.24) is 0 Å². The van der Waals surface area contributed by atoms with Crippen LogP contribution in [-0.4, -0.2) is 19.0 Å². The molecule has 1 atom stereocenters. The summed E-state index contributed by atoms with van der Waals surface area (Å²) >= 11 is 0. The van der Waals surface area contributed by atoms with Crippen LogP contribution in [0.4, 0.5) is 5.69 Å². The van der Waals surface area contributed by atoms with E-state index in [2.05, 4.69) is 18.2 Å². The van der Waals surface area contributed by atoms with Crippen molar-refractivity contribution in [2.24, 2.45) is 11.7 Å². The molecule has 0 radical (unpaired) electrons. The predicted octanol–water partition coefficient (Wildman–Crippen LogP) is 1.66. The van der Waals surface area contributed by atoms with Crippen LogP contribution in [0.2, 0.25) is 0 Å². The minimum Gasteiger partial charge on any atom is -0.330 e. The highest BCUT2D eigenvalue weighted by Gasteiger charge is 2.52. The average molecular weight is 230 g/mol. The van der Waals surface area contributed by atoms with E-state index in [4.69, 9.17) is 5.73 Å². The zero-order chi connectivity index (χ0) is 12.0. The smallest absolute Gasteiger partial charge is 0.231 e. The molecule has 1 aromatic rings. The van der Waals surface area contributed by atoms with Gasteiger partial charge in [0, 0.05) is 30.1 Å². The monoisotopic (exact) mass is 230 g/mol. The number of nitrogens with zero attached hydrogens (tertiary/aromatic N) is 1. The van der Waals surface area contributed by atoms with Crippen LogP contribution >= 0.6 is 0 Å². The number of nitrogens with two attached hydrogens (primary N) is 1. The van der Waals surface area contributed by atoms with Crippen LogP contribution in [0.5, 0.6) is 0 Å². The molecule has 1 unspecified atom stereocenters. The highest BCUT2D eigenvalue weighted by molar-refractivity contribution is 5.98. The van der Waals surface area contributed by atoms with Crippen molar-refractivity contribution < 1.29 is 4.79 Å². The van der Waals surface area contributed by atoms with E-state index >= 15 is 0 Å². The first kappa shape index (κ1) is 10.8. The zero-order valence-corrected chi connectivity index (χ0v) is 10.1. The first-order valence-corrected chi connectivity index (χ1v) is 6.29. The van der Waals surface area contributed by atoms with Crippen LogP contribution in [0.3, 0.4) is 0 Å². The molecule has 1 fully saturated rings. The summed E-state index contributed by atoms with van der Waals surface area (Å²) in [4.78, 5) is 14.2. The van der Waals surface area contributed by atoms with E-state index in [1.807, 2.05) is 17.9 Å². The zero-order valence-electron chi connectivity index (χ0n) is 10.1. The van der Waals surface area contributed by atoms with E-state index in [1.165, 1.54) is 18.4 Å². The Bertz CT molecular complexity index is 465. The molecule has 1 aliphatic heterocycles. The maximum atomic E-state index is 12.3. The molecule has 1 amide bonds. The van der Waals surface area contributed by atoms with Gasteiger partial charge >= 0.3 is 0 Å². The summed E-state index contributed by atoms with van der Waals surface area (Å²) < 4.78 is 0. The third-order valence-electron chi connectivity index (χ3n) is 4.12. The van der Waals surface area contributed by atoms with E-state index in [-0.39, 0.29) is 17.2 Å². The minimum absolute atomic E-state index is 0.0862. The van der Waals surface area contributed by atoms with Gasteiger partial charge in [0.15, 0.2) is 0 Å². The average Bonchev–Trinajstić information content (AvgIpc) is 3.07. The maximum Gasteiger partial charge on any atom is 0.231 e. The standard InChI is InChI=1S/C14H18N2O/c1-10(8-15)13(17)16-9-14(6-7-14)11-4-2-3-5-12(11)16/h2-5,10H,6-9,15H2,1H3. The van der Waals surface area contributed by atoms with Crippen molar-refractivity contribution in [3.63, 3.8) is 0 Å². The number of hydrogen-bond acceptors (Lipinski definition) is 2. The number of anilines is 1. The van der Waals surface area contributed by atoms with Crippen molar-refractivity contribution in [3.8, 4) is 0 Å². The fourth-order valence-corrected chi connectivity index (χ4v) is 2.77. The number of benzene rings is 1. The molecule has 1 aliphatic carbocycles. The predicted molar refractivity (Wildman–Crippen MR) is 67.9 cm³/mol. The van der Waals surface area contributed by atoms with Crippen LogP contribution in [-0.2, 0) is 10.2 Å². The molecule has 2 aliphatic rings. The molecule has 0 saturated heterocycles. The van der Waals surface area contributed by atoms with Crippen molar-refractivity contribution >= 4 is 11.6 Å². The topological polar surface area (TPSA) is 46.3 Å². The molecule has 3 nitrogen and oxygen atoms in total. The summed E-state index contributed by atoms with van der Waals surface area (Å²) in [6.07, 6.45) is 2.43. The lowest BCUT2D eigenvalue weighted by Gasteiger charge is -2.21. The van der Waals surface area contributed by atoms with E-state index in [9.17, 15) is 4.79 Å². The van der Waals surface area contributed by atoms with Gasteiger partial charge in [-0.3, -0.25) is 4.79 Å². The van der Waals surface area contributed by atoms with Gasteiger partial charge in [0.05, 0.1) is 0 Å². The summed E-state index contributed by atoms with van der Waals surface area (Å²) in [5, 5.41) is 0. The molecular formula is C14H18N2O. The highest BCUT2D eigenvalue weighted by Crippen LogP contribution is 2.56. The Balaban J connectivity index is 1.97. The highest BCUT2D eigenvalue weighted by atomic mass is 16.2. The van der Waals surface area contributed by atoms with Crippen LogP contribution in [0.1, 0.15) is 25.3 Å². The molecule has 1 heterocycles. The van der Waals surface area contributed by atoms with E-state index in [1.54, 1.807) is 0 Å². The Morgan fingerprint density at radius 3 is 2.82 bits per heavy atom. The fourth-order valence-electron chi connectivity index (χ4n) is 2.77. The summed E-state index contributed by atoms with van der Waals surface area (Å²) in [5.74, 6) is 0.0840. The molecule has 0 bridgehead atoms. The van der Waals surface area contributed by atoms with Crippen molar-refractivity contribution in [2.45, 2.75) is 25.2 Å². The van der Waals surface area contributed by atoms with Gasteiger partial charge < -0.3 is 10.6 Å². The molecule has 3 rings (SSSR count). The number of hydrogen-bond donors (Lipinski definition) is 1. The Kier molecular flexibility index (Phi) is 2.26. The first-order chi connectivity index (χ1) is 8.18. The maximum absolute atomic E-state index is 12.3. The molecule has 1 spiro atoms. The second kappa shape index (κ2) is 3.57. The third-order valence-corrected chi connectivity index (χ3v) is 4.12. The fraction of sp³-hybridized carbons (Fsp3) is 0.500. The Labute approximate surface area is 102 Å². The van der Waals surface area contributed by atoms with Crippen molar-refractivity contribution in [3.05, 3.63) is 29.8 Å². The first-order valence-electron chi connectivity index (χ1n) is 6.29. The van der Waals surface area contributed by atoms with Gasteiger partial charge in [0.25, 0.3) is 0 Å². The van der Waals surface area contributed by atoms with Gasteiger partial charge in [-0.2, -0.15) is 0 Å². The van der Waals surface area contributed by atoms with Gasteiger partial charge in [0.2, 0.25) is 5.91 Å². The van der Waals surface area contributed by atoms with Gasteiger partial charge in [0.1, 0.15) is 0 Å². The lowest BCUT2D eigenvalue weighted by molar-refractivity contribution is -0.121. The third kappa shape index (κ3) is 1.49. The summed E-state index contributed by atoms with van der Waals surface area (Å²) in [6.45, 7) is 3.18. The molecule has 0 aromatic heterocycles. The van der Waals surface area contributed by atoms with Crippen LogP contribution in [0.15, 0.2) is 24.3 Å². The number of rotatable bonds is 2. The van der Waals surface area contributed by atoms with Crippen LogP contribution < -0.4 is 10.6 Å². The summed E-state index contributed by atoms with van der Waals surface area (Å²) in [7, 11) is 0. The van der Waals surface area contributed by atoms with Gasteiger partial charge in [-0.25, -0.2) is 0 Å². The van der Waals surface area contributed by atoms with Crippen molar-refractivity contribution in [1.29, 1.82) is 0 Å². The normalized spacial score (nSPS) is 21.4. The lowest BCUT2D eigenvalue weighted by atomic mass is 9.99. The van der Waals surface area contributed by atoms with E-state index in [0.717, 1.165) is 12.2 Å². The number of amides is 1. The van der Waals surface area contributed by atoms with Crippen molar-refractivity contribution in [2.75, 3.05) is 18.0 Å². The van der Waals surface area contributed by atoms with Gasteiger partial charge in [-0.15, -0.1) is 0 Å². The number of carbonyl (C=O) groups is 1. The molecule has 3 heteroatoms. The Morgan fingerprint density at radius 1 is 1.47 bits per heavy atom. The minimum atomic E-state index is -0.0862. The van der Waals surface area contributed by atoms with Crippen LogP contribution in [0.25, 0.3) is 0 Å². The molecule has 2 N–H and O–H groups in total. The second-order valence-corrected chi connectivity index (χ2v) is 5.36. The van der Waals surface area contributed by atoms with E-state index in [0.29, 0.717) is 6.54 Å². The number of para-hydroxylation sites is 1. The SMILES string of the molecule is CC(CN)C(=O)N1CC2(CC2)c2ccccc21. The number of fused-ring (bicyclic) bond motifs is 2. The Morgan fingerprint density at radius 2 is 2.18 bits per heavy atom. The number of carbonyl (C=O) groups excluding carboxylic acids is 1. The molecule has 1 saturated carbocycles. The molecule has 17 heavy (non-hydrogen) atoms. The largest absolute Gasteiger partial charge is 0.330 e. The van der Waals surface area contributed by atoms with Gasteiger partial charge in [-0.1, -0.05) is 25.1 Å². The lowest BCUT2D eigenvalue weighted by Crippen LogP contribution is -2.38. The summed E-state index contributed by atoms with van der Waals surface area (Å²) in [6, 6.07) is 8.30. The molecule has 90 valence electrons. The second-order valence-electron chi connectivity index (χ2n) is 5.36. The van der Waals surface area contributed by atoms with Crippen LogP contribution in [0, 0.1) is 5.92 Å². The molecular weight excluding hydrogens is 212 g/mol. The van der Waals surface area contributed by atoms with E-state index < -0.39 is 0 Å². The Hall–Kier alpha value is -1.35. The summed E-state index contributed by atoms with van der Waals surface area (Å²) in [5.41, 5.74) is 8.34.